The molecule has 8 heteroatoms. The molecule has 1 heterocycles. The SMILES string of the molecule is O=C(CCCNC(=O)c1sc2ccccc2c1Cl)c1ccc(O[C@@H]2CC[C@@H](C(=O)O)C2)cc1. The Morgan fingerprint density at radius 3 is 2.55 bits per heavy atom. The lowest BCUT2D eigenvalue weighted by atomic mass is 10.1. The summed E-state index contributed by atoms with van der Waals surface area (Å²) in [7, 11) is 0. The Kier molecular flexibility index (Phi) is 7.30. The summed E-state index contributed by atoms with van der Waals surface area (Å²) < 4.78 is 6.82. The molecule has 1 aromatic heterocycles. The first-order valence-electron chi connectivity index (χ1n) is 10.9. The number of fused-ring (bicyclic) bond motifs is 1. The Balaban J connectivity index is 1.22. The molecule has 1 aliphatic carbocycles. The second kappa shape index (κ2) is 10.4. The smallest absolute Gasteiger partial charge is 0.306 e. The molecule has 4 rings (SSSR count). The number of carbonyl (C=O) groups excluding carboxylic acids is 2. The lowest BCUT2D eigenvalue weighted by molar-refractivity contribution is -0.141. The first-order chi connectivity index (χ1) is 15.9. The van der Waals surface area contributed by atoms with Crippen molar-refractivity contribution in [3.8, 4) is 5.75 Å². The van der Waals surface area contributed by atoms with Crippen molar-refractivity contribution < 1.29 is 24.2 Å². The van der Waals surface area contributed by atoms with Crippen molar-refractivity contribution in [1.82, 2.24) is 5.32 Å². The summed E-state index contributed by atoms with van der Waals surface area (Å²) in [6.45, 7) is 0.378. The minimum atomic E-state index is -0.773. The molecular weight excluding hydrogens is 462 g/mol. The summed E-state index contributed by atoms with van der Waals surface area (Å²) >= 11 is 7.70. The highest BCUT2D eigenvalue weighted by atomic mass is 35.5. The van der Waals surface area contributed by atoms with E-state index < -0.39 is 5.97 Å². The third-order valence-corrected chi connectivity index (χ3v) is 7.49. The van der Waals surface area contributed by atoms with E-state index >= 15 is 0 Å². The van der Waals surface area contributed by atoms with Gasteiger partial charge in [0, 0.05) is 28.6 Å². The van der Waals surface area contributed by atoms with Gasteiger partial charge in [0.25, 0.3) is 5.91 Å². The zero-order chi connectivity index (χ0) is 23.4. The van der Waals surface area contributed by atoms with E-state index in [1.54, 1.807) is 24.3 Å². The molecule has 3 aromatic rings. The van der Waals surface area contributed by atoms with Crippen LogP contribution in [0.3, 0.4) is 0 Å². The number of rotatable bonds is 9. The molecule has 172 valence electrons. The molecule has 33 heavy (non-hydrogen) atoms. The van der Waals surface area contributed by atoms with Gasteiger partial charge in [0.05, 0.1) is 17.0 Å². The Morgan fingerprint density at radius 1 is 1.09 bits per heavy atom. The monoisotopic (exact) mass is 485 g/mol. The lowest BCUT2D eigenvalue weighted by Gasteiger charge is -2.13. The number of carboxylic acids is 1. The van der Waals surface area contributed by atoms with Crippen molar-refractivity contribution in [2.24, 2.45) is 5.92 Å². The number of halogens is 1. The second-order valence-corrected chi connectivity index (χ2v) is 9.57. The van der Waals surface area contributed by atoms with Crippen LogP contribution in [0.15, 0.2) is 48.5 Å². The molecule has 6 nitrogen and oxygen atoms in total. The lowest BCUT2D eigenvalue weighted by Crippen LogP contribution is -2.24. The van der Waals surface area contributed by atoms with Gasteiger partial charge in [-0.05, 0) is 56.0 Å². The normalized spacial score (nSPS) is 17.7. The zero-order valence-corrected chi connectivity index (χ0v) is 19.5. The number of carbonyl (C=O) groups is 3. The fourth-order valence-electron chi connectivity index (χ4n) is 4.02. The quantitative estimate of drug-likeness (QED) is 0.305. The highest BCUT2D eigenvalue weighted by Gasteiger charge is 2.31. The third-order valence-electron chi connectivity index (χ3n) is 5.82. The average Bonchev–Trinajstić information content (AvgIpc) is 3.42. The van der Waals surface area contributed by atoms with Gasteiger partial charge in [-0.25, -0.2) is 0 Å². The molecule has 2 N–H and O–H groups in total. The predicted octanol–water partition coefficient (Wildman–Crippen LogP) is 5.58. The van der Waals surface area contributed by atoms with Crippen LogP contribution in [0.4, 0.5) is 0 Å². The Bertz CT molecular complexity index is 1170. The largest absolute Gasteiger partial charge is 0.490 e. The topological polar surface area (TPSA) is 92.7 Å². The second-order valence-electron chi connectivity index (χ2n) is 8.14. The van der Waals surface area contributed by atoms with Crippen molar-refractivity contribution >= 4 is 50.7 Å². The van der Waals surface area contributed by atoms with Gasteiger partial charge in [-0.2, -0.15) is 0 Å². The molecule has 0 bridgehead atoms. The van der Waals surface area contributed by atoms with E-state index in [0.717, 1.165) is 16.5 Å². The van der Waals surface area contributed by atoms with Gasteiger partial charge in [-0.3, -0.25) is 14.4 Å². The summed E-state index contributed by atoms with van der Waals surface area (Å²) in [4.78, 5) is 36.5. The first kappa shape index (κ1) is 23.3. The van der Waals surface area contributed by atoms with Crippen LogP contribution in [0.1, 0.15) is 52.1 Å². The maximum atomic E-state index is 12.5. The van der Waals surface area contributed by atoms with E-state index in [0.29, 0.717) is 53.4 Å². The number of Topliss-reactive ketones (excluding diaryl/α,β-unsaturated/α-hetero) is 1. The molecule has 1 amide bonds. The molecule has 0 radical (unpaired) electrons. The Labute approximate surface area is 200 Å². The minimum Gasteiger partial charge on any atom is -0.490 e. The fraction of sp³-hybridized carbons (Fsp3) is 0.320. The standard InChI is InChI=1S/C25H24ClNO5S/c26-22-19-4-1-2-6-21(19)33-23(22)24(29)27-13-3-5-20(28)15-7-10-17(11-8-15)32-18-12-9-16(14-18)25(30)31/h1-2,4,6-8,10-11,16,18H,3,5,9,12-14H2,(H,27,29)(H,30,31)/t16-,18-/m1/s1. The number of carboxylic acid groups (broad SMARTS) is 1. The van der Waals surface area contributed by atoms with Gasteiger partial charge < -0.3 is 15.2 Å². The number of hydrogen-bond acceptors (Lipinski definition) is 5. The molecule has 1 saturated carbocycles. The Hall–Kier alpha value is -2.90. The van der Waals surface area contributed by atoms with E-state index in [2.05, 4.69) is 5.32 Å². The van der Waals surface area contributed by atoms with Crippen LogP contribution in [0, 0.1) is 5.92 Å². The zero-order valence-electron chi connectivity index (χ0n) is 17.9. The number of aliphatic carboxylic acids is 1. The van der Waals surface area contributed by atoms with Crippen LogP contribution in [0.5, 0.6) is 5.75 Å². The first-order valence-corrected chi connectivity index (χ1v) is 12.1. The maximum Gasteiger partial charge on any atom is 0.306 e. The van der Waals surface area contributed by atoms with Gasteiger partial charge in [0.15, 0.2) is 5.78 Å². The summed E-state index contributed by atoms with van der Waals surface area (Å²) in [6, 6.07) is 14.5. The van der Waals surface area contributed by atoms with Gasteiger partial charge in [0.2, 0.25) is 0 Å². The number of amides is 1. The number of ether oxygens (including phenoxy) is 1. The van der Waals surface area contributed by atoms with E-state index in [4.69, 9.17) is 21.4 Å². The summed E-state index contributed by atoms with van der Waals surface area (Å²) in [5.41, 5.74) is 0.580. The van der Waals surface area contributed by atoms with Gasteiger partial charge in [-0.15, -0.1) is 11.3 Å². The van der Waals surface area contributed by atoms with E-state index in [9.17, 15) is 14.4 Å². The van der Waals surface area contributed by atoms with Crippen molar-refractivity contribution in [2.75, 3.05) is 6.54 Å². The summed E-state index contributed by atoms with van der Waals surface area (Å²) in [5.74, 6) is -0.721. The number of thiophene rings is 1. The highest BCUT2D eigenvalue weighted by Crippen LogP contribution is 2.35. The maximum absolute atomic E-state index is 12.5. The highest BCUT2D eigenvalue weighted by molar-refractivity contribution is 7.21. The summed E-state index contributed by atoms with van der Waals surface area (Å²) in [6.07, 6.45) is 2.58. The number of hydrogen-bond donors (Lipinski definition) is 2. The molecule has 2 aromatic carbocycles. The van der Waals surface area contributed by atoms with Crippen LogP contribution < -0.4 is 10.1 Å². The predicted molar refractivity (Wildman–Crippen MR) is 129 cm³/mol. The molecule has 1 aliphatic rings. The van der Waals surface area contributed by atoms with E-state index in [1.807, 2.05) is 24.3 Å². The number of benzene rings is 2. The van der Waals surface area contributed by atoms with Crippen LogP contribution >= 0.6 is 22.9 Å². The van der Waals surface area contributed by atoms with Crippen LogP contribution in [0.2, 0.25) is 5.02 Å². The van der Waals surface area contributed by atoms with Gasteiger partial charge in [0.1, 0.15) is 10.6 Å². The number of ketones is 1. The molecule has 2 atom stereocenters. The average molecular weight is 486 g/mol. The molecule has 0 spiro atoms. The molecule has 0 aliphatic heterocycles. The van der Waals surface area contributed by atoms with Crippen LogP contribution in [-0.2, 0) is 4.79 Å². The van der Waals surface area contributed by atoms with Gasteiger partial charge in [-0.1, -0.05) is 29.8 Å². The van der Waals surface area contributed by atoms with E-state index in [-0.39, 0.29) is 23.7 Å². The number of nitrogens with one attached hydrogen (secondary N) is 1. The molecular formula is C25H24ClNO5S. The molecule has 0 saturated heterocycles. The van der Waals surface area contributed by atoms with Crippen molar-refractivity contribution in [3.63, 3.8) is 0 Å². The van der Waals surface area contributed by atoms with Crippen molar-refractivity contribution in [1.29, 1.82) is 0 Å². The Morgan fingerprint density at radius 2 is 1.85 bits per heavy atom. The van der Waals surface area contributed by atoms with Gasteiger partial charge >= 0.3 is 5.97 Å². The summed E-state index contributed by atoms with van der Waals surface area (Å²) in [5, 5.41) is 13.3. The van der Waals surface area contributed by atoms with Crippen molar-refractivity contribution in [2.45, 2.75) is 38.2 Å². The molecule has 1 fully saturated rings. The van der Waals surface area contributed by atoms with Crippen molar-refractivity contribution in [3.05, 3.63) is 64.0 Å². The minimum absolute atomic E-state index is 0.0116. The fourth-order valence-corrected chi connectivity index (χ4v) is 5.45. The van der Waals surface area contributed by atoms with Crippen LogP contribution in [-0.4, -0.2) is 35.4 Å². The third kappa shape index (κ3) is 5.54. The molecule has 0 unspecified atom stereocenters. The van der Waals surface area contributed by atoms with E-state index in [1.165, 1.54) is 11.3 Å². The van der Waals surface area contributed by atoms with Crippen LogP contribution in [0.25, 0.3) is 10.1 Å².